The first-order chi connectivity index (χ1) is 10.3. The number of fused-ring (bicyclic) bond motifs is 1. The van der Waals surface area contributed by atoms with Crippen molar-refractivity contribution in [1.29, 1.82) is 0 Å². The maximum atomic E-state index is 12.9. The predicted octanol–water partition coefficient (Wildman–Crippen LogP) is 2.40. The maximum absolute atomic E-state index is 12.9. The summed E-state index contributed by atoms with van der Waals surface area (Å²) in [7, 11) is -3.41. The average Bonchev–Trinajstić information content (AvgIpc) is 3.30. The normalized spacial score (nSPS) is 50.2. The Kier molecular flexibility index (Phi) is 2.35. The third-order valence-electron chi connectivity index (χ3n) is 8.01. The summed E-state index contributed by atoms with van der Waals surface area (Å²) in [4.78, 5) is 12.9. The highest BCUT2D eigenvalue weighted by Gasteiger charge is 2.73. The van der Waals surface area contributed by atoms with Crippen molar-refractivity contribution in [2.24, 2.45) is 34.5 Å². The first kappa shape index (κ1) is 13.8. The summed E-state index contributed by atoms with van der Waals surface area (Å²) in [6.45, 7) is 4.47. The maximum Gasteiger partial charge on any atom is 0.239 e. The highest BCUT2D eigenvalue weighted by atomic mass is 32.2. The zero-order valence-electron chi connectivity index (χ0n) is 13.4. The molecule has 122 valence electrons. The molecule has 0 radical (unpaired) electrons. The molecule has 1 saturated heterocycles. The van der Waals surface area contributed by atoms with E-state index in [1.165, 1.54) is 17.1 Å². The fraction of sp³-hybridized carbons (Fsp3) is 0.941. The second-order valence-corrected chi connectivity index (χ2v) is 10.9. The second kappa shape index (κ2) is 3.73. The van der Waals surface area contributed by atoms with Crippen LogP contribution in [0.25, 0.3) is 0 Å². The van der Waals surface area contributed by atoms with E-state index in [9.17, 15) is 13.2 Å². The topological polar surface area (TPSA) is 54.5 Å². The number of amides is 1. The van der Waals surface area contributed by atoms with Gasteiger partial charge in [0.25, 0.3) is 0 Å². The second-order valence-electron chi connectivity index (χ2n) is 9.10. The van der Waals surface area contributed by atoms with Gasteiger partial charge >= 0.3 is 0 Å². The molecule has 5 rings (SSSR count). The molecule has 1 heterocycles. The van der Waals surface area contributed by atoms with Crippen LogP contribution in [0.5, 0.6) is 0 Å². The molecule has 1 aliphatic heterocycles. The number of sulfonamides is 1. The molecular weight excluding hydrogens is 298 g/mol. The van der Waals surface area contributed by atoms with Crippen LogP contribution < -0.4 is 0 Å². The molecule has 5 atom stereocenters. The number of carbonyl (C=O) groups is 1. The van der Waals surface area contributed by atoms with Gasteiger partial charge < -0.3 is 0 Å². The molecule has 0 aromatic rings. The molecule has 4 saturated carbocycles. The SMILES string of the molecule is CC1(C)[C@@H]2CC[C@@]13CS(=O)(=O)N(C(=O)[C@@H]1C[C@@H]1C1CC1)[C@@H]3C2. The summed E-state index contributed by atoms with van der Waals surface area (Å²) in [5.41, 5.74) is -0.116. The van der Waals surface area contributed by atoms with Gasteiger partial charge in [-0.1, -0.05) is 13.8 Å². The Morgan fingerprint density at radius 2 is 1.86 bits per heavy atom. The minimum absolute atomic E-state index is 0.0136. The smallest absolute Gasteiger partial charge is 0.239 e. The van der Waals surface area contributed by atoms with Crippen LogP contribution in [-0.4, -0.2) is 30.4 Å². The molecule has 0 aromatic carbocycles. The summed E-state index contributed by atoms with van der Waals surface area (Å²) < 4.78 is 27.0. The lowest BCUT2D eigenvalue weighted by Gasteiger charge is -2.37. The molecule has 0 N–H and O–H groups in total. The van der Waals surface area contributed by atoms with Gasteiger partial charge in [-0.05, 0) is 61.7 Å². The van der Waals surface area contributed by atoms with E-state index >= 15 is 0 Å². The Hall–Kier alpha value is -0.580. The Labute approximate surface area is 132 Å². The Bertz CT molecular complexity index is 665. The highest BCUT2D eigenvalue weighted by molar-refractivity contribution is 7.90. The lowest BCUT2D eigenvalue weighted by Crippen LogP contribution is -2.44. The van der Waals surface area contributed by atoms with Gasteiger partial charge in [0.1, 0.15) is 0 Å². The van der Waals surface area contributed by atoms with E-state index in [4.69, 9.17) is 0 Å². The number of nitrogens with zero attached hydrogens (tertiary/aromatic N) is 1. The molecular formula is C17H25NO3S. The molecule has 4 nitrogen and oxygen atoms in total. The van der Waals surface area contributed by atoms with E-state index in [0.717, 1.165) is 25.7 Å². The van der Waals surface area contributed by atoms with Gasteiger partial charge in [-0.25, -0.2) is 12.7 Å². The van der Waals surface area contributed by atoms with Crippen LogP contribution in [0.15, 0.2) is 0 Å². The minimum Gasteiger partial charge on any atom is -0.273 e. The monoisotopic (exact) mass is 323 g/mol. The van der Waals surface area contributed by atoms with Gasteiger partial charge in [-0.15, -0.1) is 0 Å². The first-order valence-corrected chi connectivity index (χ1v) is 10.4. The number of carbonyl (C=O) groups excluding carboxylic acids is 1. The van der Waals surface area contributed by atoms with Crippen LogP contribution in [0.3, 0.4) is 0 Å². The molecule has 5 fully saturated rings. The average molecular weight is 323 g/mol. The molecule has 0 unspecified atom stereocenters. The van der Waals surface area contributed by atoms with Crippen molar-refractivity contribution in [2.75, 3.05) is 5.75 Å². The number of hydrogen-bond acceptors (Lipinski definition) is 3. The quantitative estimate of drug-likeness (QED) is 0.784. The van der Waals surface area contributed by atoms with Gasteiger partial charge in [0.2, 0.25) is 15.9 Å². The Morgan fingerprint density at radius 1 is 1.14 bits per heavy atom. The summed E-state index contributed by atoms with van der Waals surface area (Å²) >= 11 is 0. The summed E-state index contributed by atoms with van der Waals surface area (Å²) in [6.07, 6.45) is 6.43. The molecule has 4 aliphatic carbocycles. The van der Waals surface area contributed by atoms with Crippen molar-refractivity contribution >= 4 is 15.9 Å². The fourth-order valence-corrected chi connectivity index (χ4v) is 8.87. The Balaban J connectivity index is 1.50. The van der Waals surface area contributed by atoms with E-state index < -0.39 is 10.0 Å². The van der Waals surface area contributed by atoms with Crippen molar-refractivity contribution in [2.45, 2.75) is 58.4 Å². The van der Waals surface area contributed by atoms with Crippen LogP contribution in [-0.2, 0) is 14.8 Å². The minimum atomic E-state index is -3.41. The first-order valence-electron chi connectivity index (χ1n) is 8.84. The molecule has 5 aliphatic rings. The van der Waals surface area contributed by atoms with E-state index in [0.29, 0.717) is 17.8 Å². The largest absolute Gasteiger partial charge is 0.273 e. The van der Waals surface area contributed by atoms with Gasteiger partial charge in [0.15, 0.2) is 0 Å². The molecule has 0 aromatic heterocycles. The van der Waals surface area contributed by atoms with Crippen LogP contribution in [0.2, 0.25) is 0 Å². The van der Waals surface area contributed by atoms with E-state index in [1.54, 1.807) is 0 Å². The molecule has 5 heteroatoms. The van der Waals surface area contributed by atoms with E-state index in [-0.39, 0.29) is 34.4 Å². The van der Waals surface area contributed by atoms with Crippen molar-refractivity contribution in [3.8, 4) is 0 Å². The standard InChI is InChI=1S/C17H25NO3S/c1-16(2)11-5-6-17(16)9-22(20,21)18(14(17)7-11)15(19)13-8-12(13)10-3-4-10/h10-14H,3-9H2,1-2H3/t11-,12-,13-,14-,17+/m1/s1. The van der Waals surface area contributed by atoms with Gasteiger partial charge in [-0.2, -0.15) is 0 Å². The van der Waals surface area contributed by atoms with Crippen molar-refractivity contribution in [1.82, 2.24) is 4.31 Å². The zero-order valence-corrected chi connectivity index (χ0v) is 14.2. The number of rotatable bonds is 2. The Morgan fingerprint density at radius 3 is 2.50 bits per heavy atom. The van der Waals surface area contributed by atoms with Crippen LogP contribution in [0.4, 0.5) is 0 Å². The third-order valence-corrected chi connectivity index (χ3v) is 9.93. The molecule has 1 spiro atoms. The number of hydrogen-bond donors (Lipinski definition) is 0. The van der Waals surface area contributed by atoms with Crippen molar-refractivity contribution < 1.29 is 13.2 Å². The van der Waals surface area contributed by atoms with Crippen molar-refractivity contribution in [3.63, 3.8) is 0 Å². The summed E-state index contributed by atoms with van der Waals surface area (Å²) in [5.74, 6) is 1.96. The molecule has 2 bridgehead atoms. The zero-order chi connectivity index (χ0) is 15.5. The van der Waals surface area contributed by atoms with Crippen LogP contribution in [0.1, 0.15) is 52.4 Å². The predicted molar refractivity (Wildman–Crippen MR) is 82.3 cm³/mol. The lowest BCUT2D eigenvalue weighted by atomic mass is 9.69. The van der Waals surface area contributed by atoms with Crippen molar-refractivity contribution in [3.05, 3.63) is 0 Å². The van der Waals surface area contributed by atoms with Gasteiger partial charge in [0, 0.05) is 11.3 Å². The summed E-state index contributed by atoms with van der Waals surface area (Å²) in [5, 5.41) is 0. The lowest BCUT2D eigenvalue weighted by molar-refractivity contribution is -0.130. The summed E-state index contributed by atoms with van der Waals surface area (Å²) in [6, 6.07) is -0.0424. The molecule has 22 heavy (non-hydrogen) atoms. The third kappa shape index (κ3) is 1.45. The van der Waals surface area contributed by atoms with E-state index in [1.807, 2.05) is 0 Å². The van der Waals surface area contributed by atoms with E-state index in [2.05, 4.69) is 13.8 Å². The van der Waals surface area contributed by atoms with Gasteiger partial charge in [0.05, 0.1) is 11.8 Å². The highest BCUT2D eigenvalue weighted by Crippen LogP contribution is 2.70. The van der Waals surface area contributed by atoms with Gasteiger partial charge in [-0.3, -0.25) is 4.79 Å². The molecule has 1 amide bonds. The fourth-order valence-electron chi connectivity index (χ4n) is 6.29. The van der Waals surface area contributed by atoms with Crippen LogP contribution in [0, 0.1) is 34.5 Å². The van der Waals surface area contributed by atoms with Crippen LogP contribution >= 0.6 is 0 Å².